The maximum absolute atomic E-state index is 9.70. The zero-order valence-corrected chi connectivity index (χ0v) is 15.0. The van der Waals surface area contributed by atoms with Crippen LogP contribution < -0.4 is 4.74 Å². The van der Waals surface area contributed by atoms with Crippen molar-refractivity contribution in [1.29, 1.82) is 0 Å². The van der Waals surface area contributed by atoms with E-state index in [1.54, 1.807) is 0 Å². The van der Waals surface area contributed by atoms with Crippen LogP contribution in [-0.2, 0) is 10.2 Å². The van der Waals surface area contributed by atoms with Crippen LogP contribution in [0.5, 0.6) is 5.75 Å². The van der Waals surface area contributed by atoms with E-state index in [0.717, 1.165) is 12.2 Å². The Bertz CT molecular complexity index is 429. The smallest absolute Gasteiger partial charge is 0.119 e. The highest BCUT2D eigenvalue weighted by Gasteiger charge is 2.27. The maximum Gasteiger partial charge on any atom is 0.119 e. The highest BCUT2D eigenvalue weighted by molar-refractivity contribution is 5.31. The van der Waals surface area contributed by atoms with Gasteiger partial charge >= 0.3 is 0 Å². The van der Waals surface area contributed by atoms with Crippen molar-refractivity contribution in [2.24, 2.45) is 5.41 Å². The van der Waals surface area contributed by atoms with Gasteiger partial charge < -0.3 is 14.6 Å². The number of rotatable bonds is 8. The number of aliphatic hydroxyl groups excluding tert-OH is 1. The van der Waals surface area contributed by atoms with Crippen molar-refractivity contribution < 1.29 is 14.6 Å². The van der Waals surface area contributed by atoms with E-state index in [2.05, 4.69) is 46.8 Å². The molecule has 0 amide bonds. The van der Waals surface area contributed by atoms with Crippen molar-refractivity contribution in [2.75, 3.05) is 19.8 Å². The molecule has 0 aliphatic rings. The minimum atomic E-state index is -0.586. The van der Waals surface area contributed by atoms with Gasteiger partial charge in [-0.1, -0.05) is 46.8 Å². The SMILES string of the molecule is CCOCC(O)COc1ccc(C(C)(C)CC(C)(C)C)cc1. The molecule has 0 aliphatic carbocycles. The lowest BCUT2D eigenvalue weighted by Crippen LogP contribution is -2.25. The van der Waals surface area contributed by atoms with E-state index in [1.165, 1.54) is 5.56 Å². The van der Waals surface area contributed by atoms with Gasteiger partial charge in [-0.05, 0) is 41.9 Å². The second-order valence-corrected chi connectivity index (χ2v) is 7.77. The van der Waals surface area contributed by atoms with Crippen LogP contribution in [0.2, 0.25) is 0 Å². The summed E-state index contributed by atoms with van der Waals surface area (Å²) in [6, 6.07) is 8.20. The summed E-state index contributed by atoms with van der Waals surface area (Å²) in [6.07, 6.45) is 0.532. The van der Waals surface area contributed by atoms with Gasteiger partial charge in [0.1, 0.15) is 18.5 Å². The predicted octanol–water partition coefficient (Wildman–Crippen LogP) is 4.18. The van der Waals surface area contributed by atoms with E-state index in [0.29, 0.717) is 18.6 Å². The third-order valence-electron chi connectivity index (χ3n) is 3.56. The van der Waals surface area contributed by atoms with Gasteiger partial charge in [-0.2, -0.15) is 0 Å². The second-order valence-electron chi connectivity index (χ2n) is 7.77. The first kappa shape index (κ1) is 19.0. The van der Waals surface area contributed by atoms with Gasteiger partial charge in [0.2, 0.25) is 0 Å². The molecule has 1 aromatic rings. The van der Waals surface area contributed by atoms with E-state index < -0.39 is 6.10 Å². The van der Waals surface area contributed by atoms with Crippen molar-refractivity contribution in [3.63, 3.8) is 0 Å². The fraction of sp³-hybridized carbons (Fsp3) is 0.684. The number of hydrogen-bond acceptors (Lipinski definition) is 3. The van der Waals surface area contributed by atoms with Crippen LogP contribution in [0.15, 0.2) is 24.3 Å². The molecule has 1 rings (SSSR count). The first-order chi connectivity index (χ1) is 10.1. The molecule has 3 heteroatoms. The Balaban J connectivity index is 2.59. The lowest BCUT2D eigenvalue weighted by Gasteiger charge is -2.33. The van der Waals surface area contributed by atoms with E-state index in [4.69, 9.17) is 9.47 Å². The van der Waals surface area contributed by atoms with Gasteiger partial charge in [0, 0.05) is 6.61 Å². The second kappa shape index (κ2) is 7.98. The van der Waals surface area contributed by atoms with Gasteiger partial charge in [0.05, 0.1) is 6.61 Å². The molecule has 126 valence electrons. The summed E-state index contributed by atoms with van der Waals surface area (Å²) in [5.74, 6) is 0.783. The molecule has 1 atom stereocenters. The van der Waals surface area contributed by atoms with Crippen molar-refractivity contribution in [1.82, 2.24) is 0 Å². The molecule has 1 aromatic carbocycles. The van der Waals surface area contributed by atoms with Gasteiger partial charge in [-0.15, -0.1) is 0 Å². The molecule has 0 aliphatic heterocycles. The average molecular weight is 308 g/mol. The molecule has 0 bridgehead atoms. The molecule has 3 nitrogen and oxygen atoms in total. The fourth-order valence-corrected chi connectivity index (χ4v) is 2.92. The number of hydrogen-bond donors (Lipinski definition) is 1. The number of benzene rings is 1. The largest absolute Gasteiger partial charge is 0.491 e. The first-order valence-corrected chi connectivity index (χ1v) is 8.13. The van der Waals surface area contributed by atoms with Crippen LogP contribution in [0.1, 0.15) is 53.5 Å². The molecule has 1 N–H and O–H groups in total. The topological polar surface area (TPSA) is 38.7 Å². The molecular weight excluding hydrogens is 276 g/mol. The molecule has 22 heavy (non-hydrogen) atoms. The molecule has 0 spiro atoms. The molecule has 1 unspecified atom stereocenters. The van der Waals surface area contributed by atoms with Gasteiger partial charge in [0.25, 0.3) is 0 Å². The van der Waals surface area contributed by atoms with Gasteiger partial charge in [-0.25, -0.2) is 0 Å². The monoisotopic (exact) mass is 308 g/mol. The number of aliphatic hydroxyl groups is 1. The normalized spacial score (nSPS) is 14.0. The van der Waals surface area contributed by atoms with Gasteiger partial charge in [-0.3, -0.25) is 0 Å². The molecule has 0 heterocycles. The van der Waals surface area contributed by atoms with E-state index in [-0.39, 0.29) is 12.0 Å². The van der Waals surface area contributed by atoms with Crippen LogP contribution in [0.4, 0.5) is 0 Å². The summed E-state index contributed by atoms with van der Waals surface area (Å²) in [5.41, 5.74) is 1.73. The first-order valence-electron chi connectivity index (χ1n) is 8.13. The predicted molar refractivity (Wildman–Crippen MR) is 91.5 cm³/mol. The molecule has 0 saturated heterocycles. The summed E-state index contributed by atoms with van der Waals surface area (Å²) in [6.45, 7) is 14.4. The van der Waals surface area contributed by atoms with E-state index in [9.17, 15) is 5.11 Å². The van der Waals surface area contributed by atoms with Crippen molar-refractivity contribution in [3.05, 3.63) is 29.8 Å². The van der Waals surface area contributed by atoms with Crippen LogP contribution >= 0.6 is 0 Å². The standard InChI is InChI=1S/C19H32O3/c1-7-21-12-16(20)13-22-17-10-8-15(9-11-17)19(5,6)14-18(2,3)4/h8-11,16,20H,7,12-14H2,1-6H3. The number of ether oxygens (including phenoxy) is 2. The van der Waals surface area contributed by atoms with Gasteiger partial charge in [0.15, 0.2) is 0 Å². The highest BCUT2D eigenvalue weighted by Crippen LogP contribution is 2.36. The molecule has 0 radical (unpaired) electrons. The summed E-state index contributed by atoms with van der Waals surface area (Å²) >= 11 is 0. The van der Waals surface area contributed by atoms with Crippen molar-refractivity contribution >= 4 is 0 Å². The highest BCUT2D eigenvalue weighted by atomic mass is 16.5. The van der Waals surface area contributed by atoms with Crippen LogP contribution in [-0.4, -0.2) is 31.0 Å². The van der Waals surface area contributed by atoms with Crippen molar-refractivity contribution in [2.45, 2.75) is 59.5 Å². The minimum Gasteiger partial charge on any atom is -0.491 e. The Morgan fingerprint density at radius 3 is 2.09 bits per heavy atom. The maximum atomic E-state index is 9.70. The molecule has 0 fully saturated rings. The molecule has 0 saturated carbocycles. The molecule has 0 aromatic heterocycles. The average Bonchev–Trinajstić information content (AvgIpc) is 2.40. The Morgan fingerprint density at radius 1 is 1.00 bits per heavy atom. The Labute approximate surface area is 135 Å². The summed E-state index contributed by atoms with van der Waals surface area (Å²) < 4.78 is 10.8. The lowest BCUT2D eigenvalue weighted by molar-refractivity contribution is 0.0164. The Hall–Kier alpha value is -1.06. The Morgan fingerprint density at radius 2 is 1.59 bits per heavy atom. The van der Waals surface area contributed by atoms with Crippen LogP contribution in [0.3, 0.4) is 0 Å². The minimum absolute atomic E-state index is 0.130. The molecular formula is C19H32O3. The lowest BCUT2D eigenvalue weighted by atomic mass is 9.72. The fourth-order valence-electron chi connectivity index (χ4n) is 2.92. The van der Waals surface area contributed by atoms with Crippen molar-refractivity contribution in [3.8, 4) is 5.75 Å². The summed E-state index contributed by atoms with van der Waals surface area (Å²) in [4.78, 5) is 0. The van der Waals surface area contributed by atoms with Crippen LogP contribution in [0.25, 0.3) is 0 Å². The van der Waals surface area contributed by atoms with Crippen LogP contribution in [0, 0.1) is 5.41 Å². The summed E-state index contributed by atoms with van der Waals surface area (Å²) in [7, 11) is 0. The zero-order valence-electron chi connectivity index (χ0n) is 15.0. The third kappa shape index (κ3) is 6.80. The quantitative estimate of drug-likeness (QED) is 0.783. The van der Waals surface area contributed by atoms with E-state index in [1.807, 2.05) is 19.1 Å². The zero-order chi connectivity index (χ0) is 16.8. The summed E-state index contributed by atoms with van der Waals surface area (Å²) in [5, 5.41) is 9.70. The van der Waals surface area contributed by atoms with E-state index >= 15 is 0 Å². The Kier molecular flexibility index (Phi) is 6.89. The third-order valence-corrected chi connectivity index (χ3v) is 3.56.